The summed E-state index contributed by atoms with van der Waals surface area (Å²) in [6.45, 7) is 2.16. The van der Waals surface area contributed by atoms with Crippen LogP contribution in [0.1, 0.15) is 12.8 Å². The Balaban J connectivity index is 1.98. The van der Waals surface area contributed by atoms with E-state index in [1.165, 1.54) is 12.1 Å². The van der Waals surface area contributed by atoms with Crippen LogP contribution in [0.15, 0.2) is 16.6 Å². The van der Waals surface area contributed by atoms with Crippen molar-refractivity contribution in [2.45, 2.75) is 12.8 Å². The standard InChI is InChI=1S/C12H13BrClFO2/c13-10-5-9(15)6-11(14)12(10)17-7-8-1-3-16-4-2-8/h5-6,8H,1-4,7H2. The zero-order chi connectivity index (χ0) is 12.3. The molecule has 0 bridgehead atoms. The van der Waals surface area contributed by atoms with Crippen LogP contribution in [-0.2, 0) is 4.74 Å². The van der Waals surface area contributed by atoms with Crippen molar-refractivity contribution >= 4 is 27.5 Å². The molecule has 0 saturated carbocycles. The molecule has 5 heteroatoms. The van der Waals surface area contributed by atoms with Crippen LogP contribution in [0.5, 0.6) is 5.75 Å². The van der Waals surface area contributed by atoms with Gasteiger partial charge in [-0.15, -0.1) is 0 Å². The fourth-order valence-corrected chi connectivity index (χ4v) is 2.70. The molecule has 0 spiro atoms. The number of ether oxygens (including phenoxy) is 2. The highest BCUT2D eigenvalue weighted by atomic mass is 79.9. The van der Waals surface area contributed by atoms with E-state index in [1.54, 1.807) is 0 Å². The van der Waals surface area contributed by atoms with Gasteiger partial charge in [-0.05, 0) is 46.8 Å². The Hall–Kier alpha value is -0.320. The first kappa shape index (κ1) is 13.1. The van der Waals surface area contributed by atoms with Crippen LogP contribution in [-0.4, -0.2) is 19.8 Å². The summed E-state index contributed by atoms with van der Waals surface area (Å²) in [4.78, 5) is 0. The van der Waals surface area contributed by atoms with E-state index in [0.29, 0.717) is 27.8 Å². The Morgan fingerprint density at radius 1 is 1.41 bits per heavy atom. The lowest BCUT2D eigenvalue weighted by Gasteiger charge is -2.22. The average molecular weight is 324 g/mol. The number of hydrogen-bond donors (Lipinski definition) is 0. The quantitative estimate of drug-likeness (QED) is 0.835. The number of halogens is 3. The molecule has 17 heavy (non-hydrogen) atoms. The van der Waals surface area contributed by atoms with E-state index in [9.17, 15) is 4.39 Å². The van der Waals surface area contributed by atoms with E-state index in [4.69, 9.17) is 21.1 Å². The molecule has 1 aliphatic rings. The molecule has 94 valence electrons. The van der Waals surface area contributed by atoms with Gasteiger partial charge in [-0.2, -0.15) is 0 Å². The van der Waals surface area contributed by atoms with Crippen LogP contribution in [0.3, 0.4) is 0 Å². The maximum Gasteiger partial charge on any atom is 0.152 e. The zero-order valence-electron chi connectivity index (χ0n) is 9.22. The highest BCUT2D eigenvalue weighted by Gasteiger charge is 2.16. The smallest absolute Gasteiger partial charge is 0.152 e. The second-order valence-corrected chi connectivity index (χ2v) is 5.33. The van der Waals surface area contributed by atoms with Gasteiger partial charge in [0, 0.05) is 13.2 Å². The summed E-state index contributed by atoms with van der Waals surface area (Å²) in [5.74, 6) is 0.622. The fourth-order valence-electron chi connectivity index (χ4n) is 1.78. The van der Waals surface area contributed by atoms with Crippen LogP contribution in [0, 0.1) is 11.7 Å². The lowest BCUT2D eigenvalue weighted by Crippen LogP contribution is -2.21. The summed E-state index contributed by atoms with van der Waals surface area (Å²) >= 11 is 9.18. The van der Waals surface area contributed by atoms with Crippen molar-refractivity contribution in [2.75, 3.05) is 19.8 Å². The van der Waals surface area contributed by atoms with Crippen molar-refractivity contribution in [3.8, 4) is 5.75 Å². The molecule has 1 aromatic rings. The van der Waals surface area contributed by atoms with E-state index in [1.807, 2.05) is 0 Å². The minimum atomic E-state index is -0.375. The zero-order valence-corrected chi connectivity index (χ0v) is 11.6. The molecule has 2 rings (SSSR count). The predicted octanol–water partition coefficient (Wildman–Crippen LogP) is 4.05. The summed E-state index contributed by atoms with van der Waals surface area (Å²) in [5, 5.41) is 0.295. The maximum absolute atomic E-state index is 13.0. The van der Waals surface area contributed by atoms with Gasteiger partial charge in [-0.1, -0.05) is 11.6 Å². The van der Waals surface area contributed by atoms with Crippen molar-refractivity contribution in [3.63, 3.8) is 0 Å². The molecule has 0 unspecified atom stereocenters. The van der Waals surface area contributed by atoms with Crippen molar-refractivity contribution < 1.29 is 13.9 Å². The molecule has 1 aliphatic heterocycles. The number of benzene rings is 1. The number of hydrogen-bond acceptors (Lipinski definition) is 2. The lowest BCUT2D eigenvalue weighted by molar-refractivity contribution is 0.0496. The van der Waals surface area contributed by atoms with Gasteiger partial charge in [0.1, 0.15) is 5.82 Å². The monoisotopic (exact) mass is 322 g/mol. The second kappa shape index (κ2) is 6.03. The van der Waals surface area contributed by atoms with Gasteiger partial charge in [0.05, 0.1) is 16.1 Å². The average Bonchev–Trinajstić information content (AvgIpc) is 2.29. The molecule has 1 fully saturated rings. The van der Waals surface area contributed by atoms with Crippen molar-refractivity contribution in [1.29, 1.82) is 0 Å². The van der Waals surface area contributed by atoms with E-state index >= 15 is 0 Å². The van der Waals surface area contributed by atoms with E-state index in [0.717, 1.165) is 26.1 Å². The molecule has 0 aromatic heterocycles. The Bertz CT molecular complexity index is 371. The summed E-state index contributed by atoms with van der Waals surface area (Å²) in [5.41, 5.74) is 0. The molecular weight excluding hydrogens is 310 g/mol. The summed E-state index contributed by atoms with van der Waals surface area (Å²) < 4.78 is 24.5. The fraction of sp³-hybridized carbons (Fsp3) is 0.500. The van der Waals surface area contributed by atoms with Gasteiger partial charge in [-0.25, -0.2) is 4.39 Å². The molecular formula is C12H13BrClFO2. The molecule has 1 heterocycles. The van der Waals surface area contributed by atoms with Crippen LogP contribution < -0.4 is 4.74 Å². The summed E-state index contributed by atoms with van der Waals surface area (Å²) in [6.07, 6.45) is 1.99. The first-order chi connectivity index (χ1) is 8.16. The van der Waals surface area contributed by atoms with Crippen LogP contribution in [0.4, 0.5) is 4.39 Å². The normalized spacial score (nSPS) is 17.1. The van der Waals surface area contributed by atoms with Gasteiger partial charge in [0.15, 0.2) is 5.75 Å². The van der Waals surface area contributed by atoms with Crippen LogP contribution in [0.25, 0.3) is 0 Å². The largest absolute Gasteiger partial charge is 0.491 e. The predicted molar refractivity (Wildman–Crippen MR) is 68.1 cm³/mol. The highest BCUT2D eigenvalue weighted by Crippen LogP contribution is 2.34. The Morgan fingerprint density at radius 3 is 2.76 bits per heavy atom. The Kier molecular flexibility index (Phi) is 4.65. The second-order valence-electron chi connectivity index (χ2n) is 4.07. The van der Waals surface area contributed by atoms with Crippen LogP contribution in [0.2, 0.25) is 5.02 Å². The topological polar surface area (TPSA) is 18.5 Å². The molecule has 0 atom stereocenters. The minimum Gasteiger partial charge on any atom is -0.491 e. The maximum atomic E-state index is 13.0. The number of rotatable bonds is 3. The molecule has 0 amide bonds. The third kappa shape index (κ3) is 3.57. The van der Waals surface area contributed by atoms with Crippen LogP contribution >= 0.6 is 27.5 Å². The Labute approximate surface area is 113 Å². The third-order valence-corrected chi connectivity index (χ3v) is 3.64. The third-order valence-electron chi connectivity index (χ3n) is 2.77. The first-order valence-corrected chi connectivity index (χ1v) is 6.69. The lowest BCUT2D eigenvalue weighted by atomic mass is 10.0. The first-order valence-electron chi connectivity index (χ1n) is 5.52. The van der Waals surface area contributed by atoms with Gasteiger partial charge in [0.25, 0.3) is 0 Å². The highest BCUT2D eigenvalue weighted by molar-refractivity contribution is 9.10. The summed E-state index contributed by atoms with van der Waals surface area (Å²) in [7, 11) is 0. The van der Waals surface area contributed by atoms with Crippen molar-refractivity contribution in [2.24, 2.45) is 5.92 Å². The SMILES string of the molecule is Fc1cc(Cl)c(OCC2CCOCC2)c(Br)c1. The molecule has 0 aliphatic carbocycles. The molecule has 1 aromatic carbocycles. The van der Waals surface area contributed by atoms with E-state index in [2.05, 4.69) is 15.9 Å². The van der Waals surface area contributed by atoms with Gasteiger partial charge in [0.2, 0.25) is 0 Å². The summed E-state index contributed by atoms with van der Waals surface area (Å²) in [6, 6.07) is 2.61. The molecule has 0 radical (unpaired) electrons. The van der Waals surface area contributed by atoms with E-state index in [-0.39, 0.29) is 5.82 Å². The molecule has 2 nitrogen and oxygen atoms in total. The minimum absolute atomic E-state index is 0.295. The molecule has 0 N–H and O–H groups in total. The van der Waals surface area contributed by atoms with E-state index < -0.39 is 0 Å². The van der Waals surface area contributed by atoms with Crippen molar-refractivity contribution in [3.05, 3.63) is 27.4 Å². The molecule has 1 saturated heterocycles. The van der Waals surface area contributed by atoms with Gasteiger partial charge >= 0.3 is 0 Å². The van der Waals surface area contributed by atoms with Crippen molar-refractivity contribution in [1.82, 2.24) is 0 Å². The Morgan fingerprint density at radius 2 is 2.12 bits per heavy atom. The van der Waals surface area contributed by atoms with Gasteiger partial charge < -0.3 is 9.47 Å². The van der Waals surface area contributed by atoms with Gasteiger partial charge in [-0.3, -0.25) is 0 Å².